The van der Waals surface area contributed by atoms with Crippen LogP contribution in [0.1, 0.15) is 0 Å². The normalized spacial score (nSPS) is 11.0. The van der Waals surface area contributed by atoms with Gasteiger partial charge in [0.05, 0.1) is 10.6 Å². The van der Waals surface area contributed by atoms with Gasteiger partial charge in [0, 0.05) is 5.69 Å². The van der Waals surface area contributed by atoms with Crippen LogP contribution in [0.2, 0.25) is 0 Å². The van der Waals surface area contributed by atoms with E-state index in [9.17, 15) is 17.6 Å². The number of hydrogen-bond acceptors (Lipinski definition) is 4. The summed E-state index contributed by atoms with van der Waals surface area (Å²) in [6.45, 7) is -0.495. The number of amides is 1. The molecule has 4 aromatic carbocycles. The van der Waals surface area contributed by atoms with Gasteiger partial charge in [0.2, 0.25) is 5.91 Å². The number of ether oxygens (including phenoxy) is 1. The second kappa shape index (κ2) is 10.2. The largest absolute Gasteiger partial charge is 0.457 e. The van der Waals surface area contributed by atoms with Crippen LogP contribution in [0.4, 0.5) is 15.8 Å². The summed E-state index contributed by atoms with van der Waals surface area (Å²) < 4.78 is 46.6. The number of nitrogens with one attached hydrogen (secondary N) is 1. The summed E-state index contributed by atoms with van der Waals surface area (Å²) in [5, 5.41) is 2.69. The zero-order valence-corrected chi connectivity index (χ0v) is 18.8. The Balaban J connectivity index is 1.51. The summed E-state index contributed by atoms with van der Waals surface area (Å²) in [5.74, 6) is 0.202. The summed E-state index contributed by atoms with van der Waals surface area (Å²) in [7, 11) is -4.07. The first kappa shape index (κ1) is 23.0. The molecule has 0 aliphatic heterocycles. The number of para-hydroxylation sites is 1. The van der Waals surface area contributed by atoms with Crippen molar-refractivity contribution in [1.29, 1.82) is 0 Å². The fourth-order valence-electron chi connectivity index (χ4n) is 3.20. The standard InChI is InChI=1S/C26H21FN2O4S/c27-20-11-15-22(16-12-20)29(34(31,32)25-9-5-2-6-10-25)19-26(30)28-21-13-17-24(18-14-21)33-23-7-3-1-4-8-23/h1-18H,19H2,(H,28,30). The van der Waals surface area contributed by atoms with E-state index in [1.807, 2.05) is 30.3 Å². The van der Waals surface area contributed by atoms with Crippen molar-refractivity contribution >= 4 is 27.3 Å². The molecule has 8 heteroatoms. The van der Waals surface area contributed by atoms with E-state index in [-0.39, 0.29) is 10.6 Å². The molecular weight excluding hydrogens is 455 g/mol. The Hall–Kier alpha value is -4.17. The van der Waals surface area contributed by atoms with Crippen molar-refractivity contribution in [3.8, 4) is 11.5 Å². The molecule has 0 bridgehead atoms. The molecule has 0 saturated heterocycles. The zero-order chi connectivity index (χ0) is 24.0. The van der Waals surface area contributed by atoms with Crippen molar-refractivity contribution in [2.75, 3.05) is 16.2 Å². The lowest BCUT2D eigenvalue weighted by molar-refractivity contribution is -0.114. The fourth-order valence-corrected chi connectivity index (χ4v) is 4.65. The molecule has 0 radical (unpaired) electrons. The van der Waals surface area contributed by atoms with Gasteiger partial charge in [-0.15, -0.1) is 0 Å². The van der Waals surface area contributed by atoms with Gasteiger partial charge in [-0.3, -0.25) is 9.10 Å². The number of benzene rings is 4. The van der Waals surface area contributed by atoms with Crippen LogP contribution in [-0.4, -0.2) is 20.9 Å². The Morgan fingerprint density at radius 2 is 1.32 bits per heavy atom. The molecule has 172 valence electrons. The Kier molecular flexibility index (Phi) is 6.89. The fraction of sp³-hybridized carbons (Fsp3) is 0.0385. The van der Waals surface area contributed by atoms with Gasteiger partial charge in [-0.1, -0.05) is 36.4 Å². The Labute approximate surface area is 197 Å². The maximum Gasteiger partial charge on any atom is 0.264 e. The van der Waals surface area contributed by atoms with Crippen molar-refractivity contribution in [3.63, 3.8) is 0 Å². The third-order valence-corrected chi connectivity index (χ3v) is 6.64. The average molecular weight is 477 g/mol. The number of carbonyl (C=O) groups excluding carboxylic acids is 1. The van der Waals surface area contributed by atoms with Crippen molar-refractivity contribution in [2.45, 2.75) is 4.90 Å². The van der Waals surface area contributed by atoms with E-state index in [4.69, 9.17) is 4.74 Å². The van der Waals surface area contributed by atoms with Gasteiger partial charge in [0.15, 0.2) is 0 Å². The van der Waals surface area contributed by atoms with Gasteiger partial charge < -0.3 is 10.1 Å². The van der Waals surface area contributed by atoms with Crippen molar-refractivity contribution in [3.05, 3.63) is 115 Å². The minimum absolute atomic E-state index is 0.0227. The molecule has 4 rings (SSSR count). The van der Waals surface area contributed by atoms with Gasteiger partial charge in [0.25, 0.3) is 10.0 Å². The van der Waals surface area contributed by atoms with Crippen LogP contribution < -0.4 is 14.4 Å². The highest BCUT2D eigenvalue weighted by Gasteiger charge is 2.27. The Morgan fingerprint density at radius 1 is 0.765 bits per heavy atom. The van der Waals surface area contributed by atoms with Crippen LogP contribution >= 0.6 is 0 Å². The lowest BCUT2D eigenvalue weighted by atomic mass is 10.3. The van der Waals surface area contributed by atoms with Crippen LogP contribution in [0.25, 0.3) is 0 Å². The maximum absolute atomic E-state index is 13.4. The first-order valence-corrected chi connectivity index (χ1v) is 11.8. The van der Waals surface area contributed by atoms with Gasteiger partial charge in [-0.25, -0.2) is 12.8 Å². The lowest BCUT2D eigenvalue weighted by Gasteiger charge is -2.24. The van der Waals surface area contributed by atoms with Gasteiger partial charge >= 0.3 is 0 Å². The van der Waals surface area contributed by atoms with Gasteiger partial charge in [-0.2, -0.15) is 0 Å². The topological polar surface area (TPSA) is 75.7 Å². The van der Waals surface area contributed by atoms with Crippen LogP contribution in [0.5, 0.6) is 11.5 Å². The summed E-state index contributed by atoms with van der Waals surface area (Å²) in [6.07, 6.45) is 0. The molecule has 0 saturated carbocycles. The molecule has 0 atom stereocenters. The highest BCUT2D eigenvalue weighted by Crippen LogP contribution is 2.25. The molecule has 0 unspecified atom stereocenters. The average Bonchev–Trinajstić information content (AvgIpc) is 2.85. The maximum atomic E-state index is 13.4. The van der Waals surface area contributed by atoms with Crippen molar-refractivity contribution in [1.82, 2.24) is 0 Å². The minimum Gasteiger partial charge on any atom is -0.457 e. The number of sulfonamides is 1. The van der Waals surface area contributed by atoms with Crippen LogP contribution in [0.3, 0.4) is 0 Å². The molecule has 34 heavy (non-hydrogen) atoms. The van der Waals surface area contributed by atoms with Crippen molar-refractivity contribution < 1.29 is 22.3 Å². The molecule has 0 fully saturated rings. The lowest BCUT2D eigenvalue weighted by Crippen LogP contribution is -2.38. The first-order valence-electron chi connectivity index (χ1n) is 10.4. The predicted molar refractivity (Wildman–Crippen MR) is 129 cm³/mol. The highest BCUT2D eigenvalue weighted by atomic mass is 32.2. The number of anilines is 2. The second-order valence-electron chi connectivity index (χ2n) is 7.29. The van der Waals surface area contributed by atoms with E-state index < -0.39 is 28.3 Å². The number of rotatable bonds is 8. The molecule has 0 spiro atoms. The third-order valence-electron chi connectivity index (χ3n) is 4.85. The Morgan fingerprint density at radius 3 is 1.94 bits per heavy atom. The van der Waals surface area contributed by atoms with Gasteiger partial charge in [0.1, 0.15) is 23.9 Å². The van der Waals surface area contributed by atoms with Gasteiger partial charge in [-0.05, 0) is 72.8 Å². The van der Waals surface area contributed by atoms with E-state index in [2.05, 4.69) is 5.32 Å². The minimum atomic E-state index is -4.07. The highest BCUT2D eigenvalue weighted by molar-refractivity contribution is 7.92. The summed E-state index contributed by atoms with van der Waals surface area (Å²) in [4.78, 5) is 12.8. The zero-order valence-electron chi connectivity index (χ0n) is 18.0. The van der Waals surface area contributed by atoms with E-state index in [1.54, 1.807) is 42.5 Å². The molecule has 6 nitrogen and oxygen atoms in total. The van der Waals surface area contributed by atoms with Crippen LogP contribution in [-0.2, 0) is 14.8 Å². The quantitative estimate of drug-likeness (QED) is 0.367. The van der Waals surface area contributed by atoms with E-state index in [0.29, 0.717) is 17.2 Å². The molecule has 0 aromatic heterocycles. The SMILES string of the molecule is O=C(CN(c1ccc(F)cc1)S(=O)(=O)c1ccccc1)Nc1ccc(Oc2ccccc2)cc1. The molecule has 0 heterocycles. The summed E-state index contributed by atoms with van der Waals surface area (Å²) in [5.41, 5.74) is 0.647. The van der Waals surface area contributed by atoms with Crippen LogP contribution in [0, 0.1) is 5.82 Å². The van der Waals surface area contributed by atoms with E-state index in [1.165, 1.54) is 24.3 Å². The van der Waals surface area contributed by atoms with Crippen LogP contribution in [0.15, 0.2) is 114 Å². The molecule has 1 amide bonds. The molecule has 0 aliphatic carbocycles. The molecular formula is C26H21FN2O4S. The number of hydrogen-bond donors (Lipinski definition) is 1. The second-order valence-corrected chi connectivity index (χ2v) is 9.15. The van der Waals surface area contributed by atoms with Crippen molar-refractivity contribution in [2.24, 2.45) is 0 Å². The van der Waals surface area contributed by atoms with E-state index in [0.717, 1.165) is 16.4 Å². The summed E-state index contributed by atoms with van der Waals surface area (Å²) >= 11 is 0. The number of carbonyl (C=O) groups is 1. The first-order chi connectivity index (χ1) is 16.4. The van der Waals surface area contributed by atoms with E-state index >= 15 is 0 Å². The summed E-state index contributed by atoms with van der Waals surface area (Å²) in [6, 6.07) is 28.7. The third kappa shape index (κ3) is 5.60. The number of halogens is 1. The molecule has 1 N–H and O–H groups in total. The molecule has 0 aliphatic rings. The Bertz CT molecular complexity index is 1350. The predicted octanol–water partition coefficient (Wildman–Crippen LogP) is 5.45. The molecule has 4 aromatic rings. The monoisotopic (exact) mass is 476 g/mol. The number of nitrogens with zero attached hydrogens (tertiary/aromatic N) is 1. The smallest absolute Gasteiger partial charge is 0.264 e.